The number of halogens is 2. The van der Waals surface area contributed by atoms with E-state index in [4.69, 9.17) is 27.9 Å². The Morgan fingerprint density at radius 1 is 0.951 bits per heavy atom. The maximum atomic E-state index is 14.1. The largest absolute Gasteiger partial charge is 0.497 e. The van der Waals surface area contributed by atoms with Crippen LogP contribution in [0.3, 0.4) is 0 Å². The average molecular weight is 621 g/mol. The number of ether oxygens (including phenoxy) is 1. The van der Waals surface area contributed by atoms with Crippen molar-refractivity contribution in [3.8, 4) is 5.75 Å². The molecule has 0 aliphatic rings. The van der Waals surface area contributed by atoms with Crippen LogP contribution in [0.1, 0.15) is 38.7 Å². The summed E-state index contributed by atoms with van der Waals surface area (Å²) < 4.78 is 34.1. The second-order valence-corrected chi connectivity index (χ2v) is 12.0. The lowest BCUT2D eigenvalue weighted by Crippen LogP contribution is -2.52. The van der Waals surface area contributed by atoms with Crippen LogP contribution in [0.15, 0.2) is 77.7 Å². The summed E-state index contributed by atoms with van der Waals surface area (Å²) in [6.07, 6.45) is 2.01. The second kappa shape index (κ2) is 15.1. The van der Waals surface area contributed by atoms with Crippen LogP contribution < -0.4 is 14.4 Å². The number of amides is 2. The van der Waals surface area contributed by atoms with Gasteiger partial charge in [-0.05, 0) is 54.8 Å². The molecule has 0 aromatic heterocycles. The fourth-order valence-electron chi connectivity index (χ4n) is 4.27. The molecule has 0 saturated heterocycles. The zero-order chi connectivity index (χ0) is 30.0. The number of sulfonamides is 1. The monoisotopic (exact) mass is 619 g/mol. The maximum Gasteiger partial charge on any atom is 0.264 e. The van der Waals surface area contributed by atoms with Gasteiger partial charge in [0.05, 0.1) is 27.7 Å². The first-order valence-corrected chi connectivity index (χ1v) is 15.5. The molecule has 0 heterocycles. The molecule has 1 N–H and O–H groups in total. The number of nitrogens with zero attached hydrogens (tertiary/aromatic N) is 2. The fraction of sp³-hybridized carbons (Fsp3) is 0.333. The van der Waals surface area contributed by atoms with Crippen LogP contribution in [0, 0.1) is 0 Å². The van der Waals surface area contributed by atoms with Crippen LogP contribution in [0.2, 0.25) is 10.0 Å². The minimum atomic E-state index is -4.17. The van der Waals surface area contributed by atoms with Crippen molar-refractivity contribution in [1.82, 2.24) is 10.2 Å². The zero-order valence-electron chi connectivity index (χ0n) is 23.3. The van der Waals surface area contributed by atoms with Gasteiger partial charge in [0, 0.05) is 19.2 Å². The van der Waals surface area contributed by atoms with Crippen LogP contribution in [0.25, 0.3) is 0 Å². The predicted molar refractivity (Wildman–Crippen MR) is 163 cm³/mol. The third-order valence-corrected chi connectivity index (χ3v) is 9.03. The highest BCUT2D eigenvalue weighted by Gasteiger charge is 2.33. The van der Waals surface area contributed by atoms with E-state index in [2.05, 4.69) is 5.32 Å². The Kier molecular flexibility index (Phi) is 11.9. The van der Waals surface area contributed by atoms with Crippen LogP contribution in [0.4, 0.5) is 5.69 Å². The smallest absolute Gasteiger partial charge is 0.264 e. The summed E-state index contributed by atoms with van der Waals surface area (Å²) in [5, 5.41) is 3.57. The normalized spacial score (nSPS) is 11.9. The second-order valence-electron chi connectivity index (χ2n) is 9.36. The molecule has 8 nitrogen and oxygen atoms in total. The van der Waals surface area contributed by atoms with Crippen molar-refractivity contribution in [3.63, 3.8) is 0 Å². The topological polar surface area (TPSA) is 96.0 Å². The Balaban J connectivity index is 2.05. The van der Waals surface area contributed by atoms with Crippen molar-refractivity contribution >= 4 is 50.7 Å². The molecule has 3 rings (SSSR count). The van der Waals surface area contributed by atoms with Crippen LogP contribution in [-0.4, -0.2) is 51.4 Å². The van der Waals surface area contributed by atoms with E-state index in [1.165, 1.54) is 24.1 Å². The molecule has 11 heteroatoms. The number of unbranched alkanes of at least 4 members (excludes halogenated alkanes) is 1. The van der Waals surface area contributed by atoms with Crippen molar-refractivity contribution in [2.45, 2.75) is 50.6 Å². The third-order valence-electron chi connectivity index (χ3n) is 6.50. The predicted octanol–water partition coefficient (Wildman–Crippen LogP) is 5.92. The summed E-state index contributed by atoms with van der Waals surface area (Å²) in [5.74, 6) is -0.443. The number of carbonyl (C=O) groups excluding carboxylic acids is 2. The molecule has 3 aromatic carbocycles. The van der Waals surface area contributed by atoms with Gasteiger partial charge in [-0.2, -0.15) is 0 Å². The SMILES string of the molecule is CCCCNC(=O)[C@@H](CC)N(Cc1ccc(Cl)c(Cl)c1)C(=O)CN(c1cccc(OC)c1)S(=O)(=O)c1ccccc1. The molecular weight excluding hydrogens is 585 g/mol. The quantitative estimate of drug-likeness (QED) is 0.226. The highest BCUT2D eigenvalue weighted by Crippen LogP contribution is 2.28. The standard InChI is InChI=1S/C30H35Cl2N3O5S/c1-4-6-17-33-30(37)28(5-2)34(20-22-15-16-26(31)27(32)18-22)29(36)21-35(23-11-10-12-24(19-23)40-3)41(38,39)25-13-8-7-9-14-25/h7-16,18-19,28H,4-6,17,20-21H2,1-3H3,(H,33,37)/t28-/m1/s1. The number of methoxy groups -OCH3 is 1. The van der Waals surface area contributed by atoms with Gasteiger partial charge in [-0.15, -0.1) is 0 Å². The number of hydrogen-bond donors (Lipinski definition) is 1. The number of carbonyl (C=O) groups is 2. The first kappa shape index (κ1) is 32.2. The van der Waals surface area contributed by atoms with Gasteiger partial charge in [0.1, 0.15) is 18.3 Å². The summed E-state index contributed by atoms with van der Waals surface area (Å²) in [6.45, 7) is 3.76. The summed E-state index contributed by atoms with van der Waals surface area (Å²) in [7, 11) is -2.70. The lowest BCUT2D eigenvalue weighted by molar-refractivity contribution is -0.140. The summed E-state index contributed by atoms with van der Waals surface area (Å²) >= 11 is 12.3. The first-order chi connectivity index (χ1) is 19.6. The molecule has 41 heavy (non-hydrogen) atoms. The zero-order valence-corrected chi connectivity index (χ0v) is 25.7. The van der Waals surface area contributed by atoms with E-state index >= 15 is 0 Å². The van der Waals surface area contributed by atoms with Gasteiger partial charge in [-0.1, -0.05) is 73.8 Å². The molecule has 220 valence electrons. The van der Waals surface area contributed by atoms with Crippen molar-refractivity contribution in [2.75, 3.05) is 24.5 Å². The van der Waals surface area contributed by atoms with E-state index in [1.54, 1.807) is 67.6 Å². The molecular formula is C30H35Cl2N3O5S. The number of benzene rings is 3. The van der Waals surface area contributed by atoms with Gasteiger partial charge in [0.2, 0.25) is 11.8 Å². The van der Waals surface area contributed by atoms with Crippen molar-refractivity contribution in [3.05, 3.63) is 88.4 Å². The van der Waals surface area contributed by atoms with Crippen LogP contribution >= 0.6 is 23.2 Å². The minimum Gasteiger partial charge on any atom is -0.497 e. The molecule has 2 amide bonds. The molecule has 3 aromatic rings. The molecule has 0 bridgehead atoms. The van der Waals surface area contributed by atoms with E-state index in [9.17, 15) is 18.0 Å². The third kappa shape index (κ3) is 8.38. The lowest BCUT2D eigenvalue weighted by atomic mass is 10.1. The van der Waals surface area contributed by atoms with E-state index < -0.39 is 28.5 Å². The molecule has 0 spiro atoms. The number of hydrogen-bond acceptors (Lipinski definition) is 5. The lowest BCUT2D eigenvalue weighted by Gasteiger charge is -2.33. The van der Waals surface area contributed by atoms with Gasteiger partial charge in [-0.3, -0.25) is 13.9 Å². The molecule has 0 unspecified atom stereocenters. The fourth-order valence-corrected chi connectivity index (χ4v) is 6.02. The maximum absolute atomic E-state index is 14.1. The molecule has 0 saturated carbocycles. The minimum absolute atomic E-state index is 0.0206. The molecule has 0 radical (unpaired) electrons. The van der Waals surface area contributed by atoms with Crippen LogP contribution in [-0.2, 0) is 26.2 Å². The molecule has 0 aliphatic heterocycles. The van der Waals surface area contributed by atoms with Crippen molar-refractivity contribution in [2.24, 2.45) is 0 Å². The Hall–Kier alpha value is -3.27. The van der Waals surface area contributed by atoms with Gasteiger partial charge < -0.3 is 15.0 Å². The van der Waals surface area contributed by atoms with Gasteiger partial charge in [-0.25, -0.2) is 8.42 Å². The Morgan fingerprint density at radius 2 is 1.68 bits per heavy atom. The Morgan fingerprint density at radius 3 is 2.32 bits per heavy atom. The molecule has 0 fully saturated rings. The summed E-state index contributed by atoms with van der Waals surface area (Å²) in [5.41, 5.74) is 0.892. The highest BCUT2D eigenvalue weighted by atomic mass is 35.5. The van der Waals surface area contributed by atoms with E-state index in [-0.39, 0.29) is 23.0 Å². The number of nitrogens with one attached hydrogen (secondary N) is 1. The molecule has 1 atom stereocenters. The van der Waals surface area contributed by atoms with E-state index in [1.807, 2.05) is 6.92 Å². The molecule has 0 aliphatic carbocycles. The van der Waals surface area contributed by atoms with Gasteiger partial charge >= 0.3 is 0 Å². The Bertz CT molecular complexity index is 1440. The average Bonchev–Trinajstić information content (AvgIpc) is 2.98. The highest BCUT2D eigenvalue weighted by molar-refractivity contribution is 7.92. The first-order valence-electron chi connectivity index (χ1n) is 13.3. The summed E-state index contributed by atoms with van der Waals surface area (Å²) in [6, 6.07) is 18.5. The summed E-state index contributed by atoms with van der Waals surface area (Å²) in [4.78, 5) is 28.8. The van der Waals surface area contributed by atoms with Crippen molar-refractivity contribution in [1.29, 1.82) is 0 Å². The van der Waals surface area contributed by atoms with Gasteiger partial charge in [0.15, 0.2) is 0 Å². The number of anilines is 1. The van der Waals surface area contributed by atoms with Crippen molar-refractivity contribution < 1.29 is 22.7 Å². The van der Waals surface area contributed by atoms with E-state index in [0.717, 1.165) is 17.1 Å². The number of rotatable bonds is 14. The Labute approximate surface area is 252 Å². The van der Waals surface area contributed by atoms with E-state index in [0.29, 0.717) is 34.3 Å². The van der Waals surface area contributed by atoms with Crippen LogP contribution in [0.5, 0.6) is 5.75 Å². The van der Waals surface area contributed by atoms with Gasteiger partial charge in [0.25, 0.3) is 10.0 Å².